The van der Waals surface area contributed by atoms with Gasteiger partial charge in [-0.3, -0.25) is 4.79 Å². The van der Waals surface area contributed by atoms with E-state index in [2.05, 4.69) is 20.8 Å². The lowest BCUT2D eigenvalue weighted by atomic mass is 9.85. The van der Waals surface area contributed by atoms with Crippen molar-refractivity contribution in [1.29, 1.82) is 0 Å². The monoisotopic (exact) mass is 236 g/mol. The summed E-state index contributed by atoms with van der Waals surface area (Å²) in [5.74, 6) is 0.512. The molecule has 0 aromatic heterocycles. The van der Waals surface area contributed by atoms with Crippen molar-refractivity contribution in [2.75, 3.05) is 7.11 Å². The Morgan fingerprint density at radius 2 is 1.94 bits per heavy atom. The van der Waals surface area contributed by atoms with Crippen molar-refractivity contribution in [2.24, 2.45) is 0 Å². The van der Waals surface area contributed by atoms with Gasteiger partial charge in [0.15, 0.2) is 11.5 Å². The SMILES string of the molecule is COc1cc(C(C)(C)C)cc(CC(C)=O)c1O. The second-order valence-electron chi connectivity index (χ2n) is 5.32. The number of hydrogen-bond donors (Lipinski definition) is 1. The molecule has 1 N–H and O–H groups in total. The van der Waals surface area contributed by atoms with Crippen LogP contribution in [-0.4, -0.2) is 18.0 Å². The largest absolute Gasteiger partial charge is 0.504 e. The number of hydrogen-bond acceptors (Lipinski definition) is 3. The summed E-state index contributed by atoms with van der Waals surface area (Å²) in [4.78, 5) is 11.2. The Balaban J connectivity index is 3.33. The molecule has 0 atom stereocenters. The van der Waals surface area contributed by atoms with Gasteiger partial charge in [-0.25, -0.2) is 0 Å². The van der Waals surface area contributed by atoms with Crippen molar-refractivity contribution < 1.29 is 14.6 Å². The molecule has 0 bridgehead atoms. The van der Waals surface area contributed by atoms with E-state index in [1.54, 1.807) is 0 Å². The van der Waals surface area contributed by atoms with Crippen LogP contribution in [-0.2, 0) is 16.6 Å². The van der Waals surface area contributed by atoms with E-state index in [9.17, 15) is 9.90 Å². The van der Waals surface area contributed by atoms with Gasteiger partial charge in [-0.2, -0.15) is 0 Å². The number of methoxy groups -OCH3 is 1. The van der Waals surface area contributed by atoms with Crippen LogP contribution in [0.1, 0.15) is 38.8 Å². The predicted molar refractivity (Wildman–Crippen MR) is 67.7 cm³/mol. The summed E-state index contributed by atoms with van der Waals surface area (Å²) in [6, 6.07) is 3.69. The summed E-state index contributed by atoms with van der Waals surface area (Å²) in [5.41, 5.74) is 1.62. The number of carbonyl (C=O) groups excluding carboxylic acids is 1. The molecule has 3 heteroatoms. The first-order valence-corrected chi connectivity index (χ1v) is 5.65. The number of ketones is 1. The van der Waals surface area contributed by atoms with Gasteiger partial charge < -0.3 is 9.84 Å². The highest BCUT2D eigenvalue weighted by Gasteiger charge is 2.19. The predicted octanol–water partition coefficient (Wildman–Crippen LogP) is 2.83. The minimum atomic E-state index is -0.0491. The Bertz CT molecular complexity index is 428. The molecule has 0 fully saturated rings. The molecule has 1 aromatic rings. The Kier molecular flexibility index (Phi) is 3.81. The lowest BCUT2D eigenvalue weighted by molar-refractivity contribution is -0.116. The molecular weight excluding hydrogens is 216 g/mol. The van der Waals surface area contributed by atoms with E-state index in [-0.39, 0.29) is 23.4 Å². The fourth-order valence-electron chi connectivity index (χ4n) is 1.66. The maximum atomic E-state index is 11.2. The first-order chi connectivity index (χ1) is 7.75. The van der Waals surface area contributed by atoms with Gasteiger partial charge in [0.2, 0.25) is 0 Å². The lowest BCUT2D eigenvalue weighted by Crippen LogP contribution is -2.12. The zero-order chi connectivity index (χ0) is 13.2. The number of benzene rings is 1. The number of aromatic hydroxyl groups is 1. The Hall–Kier alpha value is -1.51. The molecule has 0 saturated heterocycles. The third kappa shape index (κ3) is 3.22. The van der Waals surface area contributed by atoms with E-state index in [1.807, 2.05) is 12.1 Å². The minimum absolute atomic E-state index is 0.0217. The van der Waals surface area contributed by atoms with Gasteiger partial charge >= 0.3 is 0 Å². The third-order valence-corrected chi connectivity index (χ3v) is 2.68. The zero-order valence-corrected chi connectivity index (χ0v) is 11.1. The molecule has 94 valence electrons. The normalized spacial score (nSPS) is 11.4. The van der Waals surface area contributed by atoms with Gasteiger partial charge in [0.25, 0.3) is 0 Å². The standard InChI is InChI=1S/C14H20O3/c1-9(15)6-10-7-11(14(2,3)4)8-12(17-5)13(10)16/h7-8,16H,6H2,1-5H3. The Morgan fingerprint density at radius 1 is 1.35 bits per heavy atom. The first kappa shape index (κ1) is 13.6. The van der Waals surface area contributed by atoms with Crippen LogP contribution in [0.4, 0.5) is 0 Å². The second kappa shape index (κ2) is 4.78. The van der Waals surface area contributed by atoms with Crippen LogP contribution in [0.15, 0.2) is 12.1 Å². The Labute approximate surface area is 102 Å². The highest BCUT2D eigenvalue weighted by molar-refractivity contribution is 5.79. The maximum Gasteiger partial charge on any atom is 0.161 e. The van der Waals surface area contributed by atoms with Crippen molar-refractivity contribution in [2.45, 2.75) is 39.5 Å². The summed E-state index contributed by atoms with van der Waals surface area (Å²) in [6.07, 6.45) is 0.228. The van der Waals surface area contributed by atoms with Crippen LogP contribution in [0.5, 0.6) is 11.5 Å². The fourth-order valence-corrected chi connectivity index (χ4v) is 1.66. The van der Waals surface area contributed by atoms with Gasteiger partial charge in [0, 0.05) is 12.0 Å². The number of ether oxygens (including phenoxy) is 1. The number of phenols is 1. The molecule has 0 spiro atoms. The average Bonchev–Trinajstić information content (AvgIpc) is 2.18. The molecule has 0 amide bonds. The quantitative estimate of drug-likeness (QED) is 0.877. The second-order valence-corrected chi connectivity index (χ2v) is 5.32. The molecule has 0 unspecified atom stereocenters. The lowest BCUT2D eigenvalue weighted by Gasteiger charge is -2.21. The van der Waals surface area contributed by atoms with Crippen molar-refractivity contribution in [3.05, 3.63) is 23.3 Å². The van der Waals surface area contributed by atoms with E-state index >= 15 is 0 Å². The van der Waals surface area contributed by atoms with Crippen molar-refractivity contribution in [1.82, 2.24) is 0 Å². The Morgan fingerprint density at radius 3 is 2.35 bits per heavy atom. The molecule has 3 nitrogen and oxygen atoms in total. The van der Waals surface area contributed by atoms with Gasteiger partial charge in [-0.05, 0) is 24.0 Å². The van der Waals surface area contributed by atoms with Crippen LogP contribution in [0.3, 0.4) is 0 Å². The van der Waals surface area contributed by atoms with Crippen LogP contribution in [0.2, 0.25) is 0 Å². The van der Waals surface area contributed by atoms with Gasteiger partial charge in [-0.15, -0.1) is 0 Å². The first-order valence-electron chi connectivity index (χ1n) is 5.65. The van der Waals surface area contributed by atoms with Crippen molar-refractivity contribution in [3.63, 3.8) is 0 Å². The third-order valence-electron chi connectivity index (χ3n) is 2.68. The molecule has 0 heterocycles. The molecule has 0 radical (unpaired) electrons. The van der Waals surface area contributed by atoms with Crippen molar-refractivity contribution in [3.8, 4) is 11.5 Å². The molecule has 0 saturated carbocycles. The van der Waals surface area contributed by atoms with E-state index in [4.69, 9.17) is 4.74 Å². The van der Waals surface area contributed by atoms with Crippen LogP contribution < -0.4 is 4.74 Å². The smallest absolute Gasteiger partial charge is 0.161 e. The zero-order valence-electron chi connectivity index (χ0n) is 11.1. The van der Waals surface area contributed by atoms with Crippen molar-refractivity contribution >= 4 is 5.78 Å². The molecule has 17 heavy (non-hydrogen) atoms. The van der Waals surface area contributed by atoms with E-state index in [0.717, 1.165) is 5.56 Å². The molecular formula is C14H20O3. The summed E-state index contributed by atoms with van der Waals surface area (Å²) < 4.78 is 5.14. The summed E-state index contributed by atoms with van der Waals surface area (Å²) in [5, 5.41) is 9.95. The summed E-state index contributed by atoms with van der Waals surface area (Å²) >= 11 is 0. The van der Waals surface area contributed by atoms with Gasteiger partial charge in [0.1, 0.15) is 5.78 Å². The molecule has 1 aromatic carbocycles. The topological polar surface area (TPSA) is 46.5 Å². The molecule has 0 aliphatic heterocycles. The number of Topliss-reactive ketones (excluding diaryl/α,β-unsaturated/α-hetero) is 1. The fraction of sp³-hybridized carbons (Fsp3) is 0.500. The van der Waals surface area contributed by atoms with Crippen LogP contribution in [0.25, 0.3) is 0 Å². The molecule has 1 rings (SSSR count). The number of rotatable bonds is 3. The summed E-state index contributed by atoms with van der Waals surface area (Å²) in [7, 11) is 1.51. The van der Waals surface area contributed by atoms with Gasteiger partial charge in [0.05, 0.1) is 7.11 Å². The van der Waals surface area contributed by atoms with E-state index in [0.29, 0.717) is 11.3 Å². The summed E-state index contributed by atoms with van der Waals surface area (Å²) in [6.45, 7) is 7.75. The van der Waals surface area contributed by atoms with E-state index in [1.165, 1.54) is 14.0 Å². The molecule has 0 aliphatic carbocycles. The number of phenolic OH excluding ortho intramolecular Hbond substituents is 1. The highest BCUT2D eigenvalue weighted by Crippen LogP contribution is 2.36. The maximum absolute atomic E-state index is 11.2. The van der Waals surface area contributed by atoms with Crippen LogP contribution in [0, 0.1) is 0 Å². The number of carbonyl (C=O) groups is 1. The minimum Gasteiger partial charge on any atom is -0.504 e. The highest BCUT2D eigenvalue weighted by atomic mass is 16.5. The van der Waals surface area contributed by atoms with Gasteiger partial charge in [-0.1, -0.05) is 26.8 Å². The van der Waals surface area contributed by atoms with E-state index < -0.39 is 0 Å². The molecule has 0 aliphatic rings. The average molecular weight is 236 g/mol. The van der Waals surface area contributed by atoms with Crippen LogP contribution >= 0.6 is 0 Å².